The summed E-state index contributed by atoms with van der Waals surface area (Å²) in [5.41, 5.74) is -0.624. The fourth-order valence-corrected chi connectivity index (χ4v) is 3.46. The van der Waals surface area contributed by atoms with Crippen LogP contribution in [-0.2, 0) is 25.8 Å². The molecule has 1 aliphatic heterocycles. The summed E-state index contributed by atoms with van der Waals surface area (Å²) in [4.78, 5) is 25.7. The molecule has 0 aliphatic carbocycles. The molecule has 0 aromatic heterocycles. The maximum atomic E-state index is 12.4. The molecular weight excluding hydrogens is 290 g/mol. The van der Waals surface area contributed by atoms with Gasteiger partial charge in [0.05, 0.1) is 5.41 Å². The van der Waals surface area contributed by atoms with Gasteiger partial charge in [-0.25, -0.2) is 0 Å². The summed E-state index contributed by atoms with van der Waals surface area (Å²) in [5, 5.41) is 9.56. The average molecular weight is 309 g/mol. The van der Waals surface area contributed by atoms with Crippen molar-refractivity contribution < 1.29 is 18.9 Å². The molecule has 0 bridgehead atoms. The first kappa shape index (κ1) is 15.7. The first-order valence-corrected chi connectivity index (χ1v) is 8.34. The summed E-state index contributed by atoms with van der Waals surface area (Å²) >= 11 is 0. The molecule has 1 fully saturated rings. The van der Waals surface area contributed by atoms with Crippen LogP contribution in [0.4, 0.5) is 0 Å². The van der Waals surface area contributed by atoms with E-state index < -0.39 is 22.2 Å². The van der Waals surface area contributed by atoms with Crippen molar-refractivity contribution in [2.45, 2.75) is 18.8 Å². The summed E-state index contributed by atoms with van der Waals surface area (Å²) in [6, 6.07) is 8.81. The number of carbonyl (C=O) groups is 2. The largest absolute Gasteiger partial charge is 0.481 e. The summed E-state index contributed by atoms with van der Waals surface area (Å²) in [7, 11) is -0.856. The Labute approximate surface area is 126 Å². The number of amides is 1. The van der Waals surface area contributed by atoms with Gasteiger partial charge in [-0.15, -0.1) is 0 Å². The third-order valence-electron chi connectivity index (χ3n) is 3.92. The number of hydrogen-bond donors (Lipinski definition) is 1. The lowest BCUT2D eigenvalue weighted by Gasteiger charge is -2.31. The molecule has 1 aromatic rings. The van der Waals surface area contributed by atoms with Crippen molar-refractivity contribution in [1.29, 1.82) is 0 Å². The highest BCUT2D eigenvalue weighted by Crippen LogP contribution is 2.29. The fourth-order valence-electron chi connectivity index (χ4n) is 2.41. The van der Waals surface area contributed by atoms with Crippen LogP contribution >= 0.6 is 0 Å². The van der Waals surface area contributed by atoms with E-state index in [1.807, 2.05) is 6.07 Å². The molecule has 5 nitrogen and oxygen atoms in total. The van der Waals surface area contributed by atoms with Crippen LogP contribution in [0.2, 0.25) is 0 Å². The standard InChI is InChI=1S/C15H19NO4S/c1-15(14(18)19,12-5-3-2-4-6-12)11-13(17)16-7-9-21(20)10-8-16/h2-6H,7-11H2,1H3,(H,18,19). The first-order chi connectivity index (χ1) is 9.93. The topological polar surface area (TPSA) is 74.7 Å². The van der Waals surface area contributed by atoms with E-state index in [-0.39, 0.29) is 12.3 Å². The van der Waals surface area contributed by atoms with Gasteiger partial charge in [-0.3, -0.25) is 13.8 Å². The van der Waals surface area contributed by atoms with Crippen LogP contribution in [0.25, 0.3) is 0 Å². The minimum absolute atomic E-state index is 0.0843. The quantitative estimate of drug-likeness (QED) is 0.901. The predicted octanol–water partition coefficient (Wildman–Crippen LogP) is 1.01. The molecule has 114 valence electrons. The van der Waals surface area contributed by atoms with Gasteiger partial charge in [-0.2, -0.15) is 0 Å². The van der Waals surface area contributed by atoms with Crippen molar-refractivity contribution in [3.05, 3.63) is 35.9 Å². The molecule has 21 heavy (non-hydrogen) atoms. The molecule has 1 heterocycles. The molecular formula is C15H19NO4S. The van der Waals surface area contributed by atoms with Gasteiger partial charge in [0.25, 0.3) is 0 Å². The summed E-state index contributed by atoms with van der Waals surface area (Å²) < 4.78 is 11.3. The lowest BCUT2D eigenvalue weighted by atomic mass is 9.79. The zero-order valence-electron chi connectivity index (χ0n) is 11.9. The minimum atomic E-state index is -1.24. The minimum Gasteiger partial charge on any atom is -0.481 e. The number of hydrogen-bond acceptors (Lipinski definition) is 3. The van der Waals surface area contributed by atoms with E-state index in [1.54, 1.807) is 36.1 Å². The number of rotatable bonds is 4. The van der Waals surface area contributed by atoms with Crippen LogP contribution in [0.1, 0.15) is 18.9 Å². The van der Waals surface area contributed by atoms with Crippen LogP contribution in [0.5, 0.6) is 0 Å². The SMILES string of the molecule is CC(CC(=O)N1CCS(=O)CC1)(C(=O)O)c1ccccc1. The summed E-state index contributed by atoms with van der Waals surface area (Å²) in [6.07, 6.45) is -0.0843. The van der Waals surface area contributed by atoms with Crippen molar-refractivity contribution in [2.75, 3.05) is 24.6 Å². The molecule has 0 radical (unpaired) electrons. The van der Waals surface area contributed by atoms with Crippen LogP contribution < -0.4 is 0 Å². The Morgan fingerprint density at radius 2 is 1.81 bits per heavy atom. The normalized spacial score (nSPS) is 19.0. The zero-order valence-corrected chi connectivity index (χ0v) is 12.8. The van der Waals surface area contributed by atoms with Crippen molar-refractivity contribution in [3.63, 3.8) is 0 Å². The number of aliphatic carboxylic acids is 1. The van der Waals surface area contributed by atoms with E-state index in [9.17, 15) is 18.9 Å². The lowest BCUT2D eigenvalue weighted by molar-refractivity contribution is -0.147. The van der Waals surface area contributed by atoms with E-state index in [0.717, 1.165) is 0 Å². The monoisotopic (exact) mass is 309 g/mol. The highest BCUT2D eigenvalue weighted by Gasteiger charge is 2.39. The number of carboxylic acid groups (broad SMARTS) is 1. The van der Waals surface area contributed by atoms with Gasteiger partial charge < -0.3 is 10.0 Å². The molecule has 1 aliphatic rings. The molecule has 6 heteroatoms. The van der Waals surface area contributed by atoms with E-state index in [1.165, 1.54) is 0 Å². The van der Waals surface area contributed by atoms with Crippen LogP contribution in [0.15, 0.2) is 30.3 Å². The van der Waals surface area contributed by atoms with Crippen molar-refractivity contribution >= 4 is 22.7 Å². The van der Waals surface area contributed by atoms with Crippen LogP contribution in [0.3, 0.4) is 0 Å². The Balaban J connectivity index is 2.15. The predicted molar refractivity (Wildman–Crippen MR) is 80.5 cm³/mol. The van der Waals surface area contributed by atoms with Gasteiger partial charge >= 0.3 is 5.97 Å². The number of benzene rings is 1. The Hall–Kier alpha value is -1.69. The number of carboxylic acids is 1. The van der Waals surface area contributed by atoms with Crippen molar-refractivity contribution in [3.8, 4) is 0 Å². The van der Waals surface area contributed by atoms with Crippen molar-refractivity contribution in [2.24, 2.45) is 0 Å². The van der Waals surface area contributed by atoms with Gasteiger partial charge in [0.2, 0.25) is 5.91 Å². The Bertz CT molecular complexity index is 550. The summed E-state index contributed by atoms with van der Waals surface area (Å²) in [6.45, 7) is 2.45. The van der Waals surface area contributed by atoms with Gasteiger partial charge in [0.1, 0.15) is 0 Å². The van der Waals surface area contributed by atoms with Gasteiger partial charge in [-0.1, -0.05) is 30.3 Å². The zero-order chi connectivity index (χ0) is 15.5. The smallest absolute Gasteiger partial charge is 0.314 e. The van der Waals surface area contributed by atoms with E-state index in [4.69, 9.17) is 0 Å². The number of carbonyl (C=O) groups excluding carboxylic acids is 1. The number of nitrogens with zero attached hydrogens (tertiary/aromatic N) is 1. The molecule has 1 amide bonds. The van der Waals surface area contributed by atoms with Crippen molar-refractivity contribution in [1.82, 2.24) is 4.90 Å². The lowest BCUT2D eigenvalue weighted by Crippen LogP contribution is -2.45. The molecule has 1 N–H and O–H groups in total. The molecule has 1 unspecified atom stereocenters. The van der Waals surface area contributed by atoms with Crippen LogP contribution in [-0.4, -0.2) is 50.7 Å². The Morgan fingerprint density at radius 1 is 1.24 bits per heavy atom. The maximum Gasteiger partial charge on any atom is 0.314 e. The first-order valence-electron chi connectivity index (χ1n) is 6.85. The highest BCUT2D eigenvalue weighted by atomic mass is 32.2. The average Bonchev–Trinajstić information content (AvgIpc) is 2.48. The second-order valence-corrected chi connectivity index (χ2v) is 7.11. The third-order valence-corrected chi connectivity index (χ3v) is 5.19. The molecule has 0 saturated carbocycles. The van der Waals surface area contributed by atoms with E-state index in [0.29, 0.717) is 30.2 Å². The molecule has 0 spiro atoms. The third kappa shape index (κ3) is 3.50. The van der Waals surface area contributed by atoms with Gasteiger partial charge in [0.15, 0.2) is 0 Å². The maximum absolute atomic E-state index is 12.4. The molecule has 2 rings (SSSR count). The second-order valence-electron chi connectivity index (χ2n) is 5.41. The Morgan fingerprint density at radius 3 is 2.33 bits per heavy atom. The van der Waals surface area contributed by atoms with Crippen LogP contribution in [0, 0.1) is 0 Å². The molecule has 1 atom stereocenters. The second kappa shape index (κ2) is 6.39. The summed E-state index contributed by atoms with van der Waals surface area (Å²) in [5.74, 6) is -0.259. The highest BCUT2D eigenvalue weighted by molar-refractivity contribution is 7.85. The van der Waals surface area contributed by atoms with Gasteiger partial charge in [0, 0.05) is 41.8 Å². The fraction of sp³-hybridized carbons (Fsp3) is 0.467. The van der Waals surface area contributed by atoms with Gasteiger partial charge in [-0.05, 0) is 12.5 Å². The Kier molecular flexibility index (Phi) is 4.77. The molecule has 1 aromatic carbocycles. The molecule has 1 saturated heterocycles. The van der Waals surface area contributed by atoms with E-state index in [2.05, 4.69) is 0 Å². The van der Waals surface area contributed by atoms with E-state index >= 15 is 0 Å².